The Hall–Kier alpha value is -1.77. The molecule has 0 saturated heterocycles. The van der Waals surface area contributed by atoms with Crippen LogP contribution in [0.5, 0.6) is 0 Å². The third-order valence-corrected chi connectivity index (χ3v) is 5.41. The van der Waals surface area contributed by atoms with Crippen LogP contribution < -0.4 is 4.72 Å². The van der Waals surface area contributed by atoms with Gasteiger partial charge in [0.15, 0.2) is 5.82 Å². The van der Waals surface area contributed by atoms with Crippen molar-refractivity contribution in [1.29, 1.82) is 0 Å². The summed E-state index contributed by atoms with van der Waals surface area (Å²) in [7, 11) is -3.57. The van der Waals surface area contributed by atoms with E-state index in [0.717, 1.165) is 12.0 Å². The number of fused-ring (bicyclic) bond motifs is 1. The second-order valence-corrected chi connectivity index (χ2v) is 7.18. The summed E-state index contributed by atoms with van der Waals surface area (Å²) in [4.78, 5) is 4.16. The Morgan fingerprint density at radius 3 is 2.73 bits per heavy atom. The number of aryl methyl sites for hydroxylation is 1. The lowest BCUT2D eigenvalue weighted by atomic mass is 10.0. The highest BCUT2D eigenvalue weighted by molar-refractivity contribution is 7.87. The minimum Gasteiger partial charge on any atom is -0.263 e. The summed E-state index contributed by atoms with van der Waals surface area (Å²) in [6.07, 6.45) is 0.727. The molecule has 1 aliphatic rings. The lowest BCUT2D eigenvalue weighted by Gasteiger charge is -2.28. The Kier molecular flexibility index (Phi) is 3.98. The van der Waals surface area contributed by atoms with Gasteiger partial charge in [0.25, 0.3) is 10.2 Å². The van der Waals surface area contributed by atoms with Gasteiger partial charge in [-0.2, -0.15) is 22.5 Å². The summed E-state index contributed by atoms with van der Waals surface area (Å²) in [5.74, 6) is 1.10. The van der Waals surface area contributed by atoms with Crippen LogP contribution in [0, 0.1) is 6.92 Å². The number of aromatic nitrogens is 3. The quantitative estimate of drug-likeness (QED) is 0.881. The first-order chi connectivity index (χ1) is 10.5. The topological polar surface area (TPSA) is 91.0 Å². The van der Waals surface area contributed by atoms with Crippen molar-refractivity contribution in [3.8, 4) is 0 Å². The molecule has 1 atom stereocenters. The molecule has 0 spiro atoms. The number of hydrogen-bond acceptors (Lipinski definition) is 4. The molecule has 22 heavy (non-hydrogen) atoms. The maximum atomic E-state index is 12.5. The maximum Gasteiger partial charge on any atom is 0.280 e. The van der Waals surface area contributed by atoms with E-state index in [2.05, 4.69) is 19.9 Å². The Labute approximate surface area is 129 Å². The van der Waals surface area contributed by atoms with Crippen LogP contribution in [0.25, 0.3) is 0 Å². The second kappa shape index (κ2) is 5.79. The zero-order valence-corrected chi connectivity index (χ0v) is 13.4. The van der Waals surface area contributed by atoms with Gasteiger partial charge >= 0.3 is 0 Å². The van der Waals surface area contributed by atoms with Crippen molar-refractivity contribution in [3.63, 3.8) is 0 Å². The van der Waals surface area contributed by atoms with Crippen molar-refractivity contribution in [1.82, 2.24) is 24.2 Å². The van der Waals surface area contributed by atoms with E-state index >= 15 is 0 Å². The Bertz CT molecular complexity index is 771. The van der Waals surface area contributed by atoms with Crippen LogP contribution >= 0.6 is 0 Å². The molecule has 7 nitrogen and oxygen atoms in total. The van der Waals surface area contributed by atoms with E-state index in [4.69, 9.17) is 0 Å². The number of nitrogens with one attached hydrogen (secondary N) is 2. The van der Waals surface area contributed by atoms with Crippen LogP contribution in [0.1, 0.15) is 35.7 Å². The number of benzene rings is 1. The van der Waals surface area contributed by atoms with E-state index in [1.165, 1.54) is 9.87 Å². The number of hydrogen-bond donors (Lipinski definition) is 2. The van der Waals surface area contributed by atoms with E-state index in [-0.39, 0.29) is 0 Å². The summed E-state index contributed by atoms with van der Waals surface area (Å²) in [6, 6.07) is 7.45. The molecule has 2 aromatic rings. The van der Waals surface area contributed by atoms with Crippen molar-refractivity contribution in [2.45, 2.75) is 32.9 Å². The summed E-state index contributed by atoms with van der Waals surface area (Å²) in [6.45, 7) is 4.38. The average molecular weight is 321 g/mol. The first kappa shape index (κ1) is 15.1. The molecule has 8 heteroatoms. The largest absolute Gasteiger partial charge is 0.280 e. The molecule has 0 bridgehead atoms. The van der Waals surface area contributed by atoms with Crippen LogP contribution in [0.2, 0.25) is 0 Å². The van der Waals surface area contributed by atoms with Gasteiger partial charge < -0.3 is 0 Å². The summed E-state index contributed by atoms with van der Waals surface area (Å²) in [5, 5.41) is 6.72. The van der Waals surface area contributed by atoms with Crippen LogP contribution in [0.4, 0.5) is 0 Å². The fourth-order valence-electron chi connectivity index (χ4n) is 2.58. The zero-order chi connectivity index (χ0) is 15.7. The Morgan fingerprint density at radius 1 is 1.32 bits per heavy atom. The Balaban J connectivity index is 1.74. The second-order valence-electron chi connectivity index (χ2n) is 5.48. The molecule has 0 radical (unpaired) electrons. The van der Waals surface area contributed by atoms with E-state index in [9.17, 15) is 8.42 Å². The lowest BCUT2D eigenvalue weighted by molar-refractivity contribution is 0.379. The van der Waals surface area contributed by atoms with Crippen LogP contribution in [0.3, 0.4) is 0 Å². The van der Waals surface area contributed by atoms with Crippen LogP contribution in [-0.4, -0.2) is 34.4 Å². The molecule has 0 aliphatic carbocycles. The van der Waals surface area contributed by atoms with Gasteiger partial charge in [0.1, 0.15) is 5.82 Å². The minimum atomic E-state index is -3.57. The molecule has 2 heterocycles. The van der Waals surface area contributed by atoms with E-state index in [1.54, 1.807) is 13.8 Å². The summed E-state index contributed by atoms with van der Waals surface area (Å²) >= 11 is 0. The summed E-state index contributed by atoms with van der Waals surface area (Å²) in [5.41, 5.74) is 2.27. The molecule has 0 saturated carbocycles. The molecule has 0 amide bonds. The molecule has 3 rings (SSSR count). The third kappa shape index (κ3) is 3.03. The van der Waals surface area contributed by atoms with Crippen LogP contribution in [-0.2, 0) is 23.2 Å². The molecule has 0 fully saturated rings. The molecular formula is C14H19N5O2S. The number of aromatic amines is 1. The van der Waals surface area contributed by atoms with Gasteiger partial charge in [0.05, 0.1) is 6.04 Å². The minimum absolute atomic E-state index is 0.394. The first-order valence-electron chi connectivity index (χ1n) is 7.19. The zero-order valence-electron chi connectivity index (χ0n) is 12.6. The fourth-order valence-corrected chi connectivity index (χ4v) is 3.92. The fraction of sp³-hybridized carbons (Fsp3) is 0.429. The van der Waals surface area contributed by atoms with Gasteiger partial charge in [-0.3, -0.25) is 5.10 Å². The van der Waals surface area contributed by atoms with Gasteiger partial charge in [-0.05, 0) is 31.4 Å². The van der Waals surface area contributed by atoms with E-state index in [0.29, 0.717) is 24.7 Å². The highest BCUT2D eigenvalue weighted by atomic mass is 32.2. The van der Waals surface area contributed by atoms with Crippen molar-refractivity contribution in [2.24, 2.45) is 0 Å². The number of H-pyrrole nitrogens is 1. The molecular weight excluding hydrogens is 302 g/mol. The molecule has 1 aromatic heterocycles. The molecule has 1 aromatic carbocycles. The highest BCUT2D eigenvalue weighted by Gasteiger charge is 2.28. The standard InChI is InChI=1S/C14H19N5O2S/c1-10(14-15-11(2)16-17-14)18-22(20,21)19-8-7-12-5-3-4-6-13(12)9-19/h3-6,10,18H,7-9H2,1-2H3,(H,15,16,17). The molecule has 1 unspecified atom stereocenters. The van der Waals surface area contributed by atoms with Crippen LogP contribution in [0.15, 0.2) is 24.3 Å². The average Bonchev–Trinajstić information content (AvgIpc) is 2.93. The van der Waals surface area contributed by atoms with Gasteiger partial charge in [0, 0.05) is 13.1 Å². The molecule has 118 valence electrons. The monoisotopic (exact) mass is 321 g/mol. The predicted octanol–water partition coefficient (Wildman–Crippen LogP) is 1.07. The van der Waals surface area contributed by atoms with Gasteiger partial charge in [-0.1, -0.05) is 24.3 Å². The third-order valence-electron chi connectivity index (χ3n) is 3.76. The van der Waals surface area contributed by atoms with E-state index < -0.39 is 16.3 Å². The van der Waals surface area contributed by atoms with Crippen molar-refractivity contribution < 1.29 is 8.42 Å². The normalized spacial score (nSPS) is 17.2. The molecule has 2 N–H and O–H groups in total. The summed E-state index contributed by atoms with van der Waals surface area (Å²) < 4.78 is 29.2. The first-order valence-corrected chi connectivity index (χ1v) is 8.63. The van der Waals surface area contributed by atoms with Crippen molar-refractivity contribution >= 4 is 10.2 Å². The van der Waals surface area contributed by atoms with Gasteiger partial charge in [0.2, 0.25) is 0 Å². The van der Waals surface area contributed by atoms with Gasteiger partial charge in [-0.25, -0.2) is 4.98 Å². The van der Waals surface area contributed by atoms with Crippen molar-refractivity contribution in [3.05, 3.63) is 47.0 Å². The number of nitrogens with zero attached hydrogens (tertiary/aromatic N) is 3. The lowest BCUT2D eigenvalue weighted by Crippen LogP contribution is -2.44. The van der Waals surface area contributed by atoms with Crippen molar-refractivity contribution in [2.75, 3.05) is 6.54 Å². The number of rotatable bonds is 4. The molecule has 1 aliphatic heterocycles. The van der Waals surface area contributed by atoms with E-state index in [1.807, 2.05) is 24.3 Å². The Morgan fingerprint density at radius 2 is 2.05 bits per heavy atom. The SMILES string of the molecule is Cc1nc(C(C)NS(=O)(=O)N2CCc3ccccc3C2)n[nH]1. The van der Waals surface area contributed by atoms with Gasteiger partial charge in [-0.15, -0.1) is 0 Å². The highest BCUT2D eigenvalue weighted by Crippen LogP contribution is 2.21. The predicted molar refractivity (Wildman–Crippen MR) is 82.1 cm³/mol. The maximum absolute atomic E-state index is 12.5. The smallest absolute Gasteiger partial charge is 0.263 e.